The van der Waals surface area contributed by atoms with Crippen LogP contribution in [-0.2, 0) is 19.1 Å². The number of primary amides is 1. The van der Waals surface area contributed by atoms with Gasteiger partial charge in [-0.15, -0.1) is 0 Å². The number of nitrogens with two attached hydrogens (primary N) is 2. The predicted molar refractivity (Wildman–Crippen MR) is 62.5 cm³/mol. The van der Waals surface area contributed by atoms with Crippen LogP contribution in [0.1, 0.15) is 19.3 Å². The highest BCUT2D eigenvalue weighted by atomic mass is 16.5. The first-order valence-corrected chi connectivity index (χ1v) is 5.44. The van der Waals surface area contributed by atoms with E-state index in [2.05, 4.69) is 5.32 Å². The molecule has 8 nitrogen and oxygen atoms in total. The molecule has 2 amide bonds. The number of nitrogens with one attached hydrogen (secondary N) is 1. The first-order chi connectivity index (χ1) is 8.40. The highest BCUT2D eigenvalue weighted by Crippen LogP contribution is 2.00. The van der Waals surface area contributed by atoms with E-state index in [1.165, 1.54) is 7.11 Å². The van der Waals surface area contributed by atoms with Crippen molar-refractivity contribution >= 4 is 17.8 Å². The molecule has 0 rings (SSSR count). The van der Waals surface area contributed by atoms with Crippen LogP contribution in [0.5, 0.6) is 0 Å². The molecule has 0 aliphatic heterocycles. The molecule has 6 N–H and O–H groups in total. The van der Waals surface area contributed by atoms with E-state index >= 15 is 0 Å². The summed E-state index contributed by atoms with van der Waals surface area (Å²) in [6.07, 6.45) is -0.651. The van der Waals surface area contributed by atoms with E-state index in [0.29, 0.717) is 0 Å². The zero-order chi connectivity index (χ0) is 14.1. The number of ether oxygens (including phenoxy) is 1. The molecule has 104 valence electrons. The molecular formula is C10H19N3O5. The van der Waals surface area contributed by atoms with Crippen LogP contribution in [0.2, 0.25) is 0 Å². The summed E-state index contributed by atoms with van der Waals surface area (Å²) < 4.78 is 4.90. The number of aliphatic carboxylic acids is 1. The van der Waals surface area contributed by atoms with Gasteiger partial charge >= 0.3 is 5.97 Å². The third-order valence-corrected chi connectivity index (χ3v) is 2.32. The lowest BCUT2D eigenvalue weighted by Gasteiger charge is -2.16. The number of carboxylic acids is 1. The molecule has 0 aromatic heterocycles. The fourth-order valence-electron chi connectivity index (χ4n) is 1.27. The number of hydrogen-bond acceptors (Lipinski definition) is 5. The standard InChI is InChI=1S/C10H19N3O5/c1-18-6(5-11)4-9(15)13-7(10(16)17)2-3-8(12)14/h6-7H,2-5,11H2,1H3,(H2,12,14)(H,13,15)(H,16,17). The molecule has 0 radical (unpaired) electrons. The van der Waals surface area contributed by atoms with Crippen LogP contribution in [0.4, 0.5) is 0 Å². The highest BCUT2D eigenvalue weighted by Gasteiger charge is 2.21. The largest absolute Gasteiger partial charge is 0.480 e. The zero-order valence-electron chi connectivity index (χ0n) is 10.2. The Kier molecular flexibility index (Phi) is 7.64. The summed E-state index contributed by atoms with van der Waals surface area (Å²) >= 11 is 0. The molecule has 0 bridgehead atoms. The molecule has 0 saturated carbocycles. The number of carboxylic acid groups (broad SMARTS) is 1. The number of methoxy groups -OCH3 is 1. The highest BCUT2D eigenvalue weighted by molar-refractivity contribution is 5.84. The topological polar surface area (TPSA) is 145 Å². The van der Waals surface area contributed by atoms with Crippen LogP contribution >= 0.6 is 0 Å². The minimum absolute atomic E-state index is 0.0344. The van der Waals surface area contributed by atoms with Gasteiger partial charge in [0.2, 0.25) is 11.8 Å². The Labute approximate surface area is 105 Å². The van der Waals surface area contributed by atoms with Crippen LogP contribution in [-0.4, -0.2) is 48.7 Å². The van der Waals surface area contributed by atoms with Crippen molar-refractivity contribution in [1.29, 1.82) is 0 Å². The molecule has 0 aliphatic rings. The number of carbonyl (C=O) groups excluding carboxylic acids is 2. The third-order valence-electron chi connectivity index (χ3n) is 2.32. The lowest BCUT2D eigenvalue weighted by atomic mass is 10.1. The SMILES string of the molecule is COC(CN)CC(=O)NC(CCC(N)=O)C(=O)O. The summed E-state index contributed by atoms with van der Waals surface area (Å²) in [6, 6.07) is -1.14. The Hall–Kier alpha value is -1.67. The zero-order valence-corrected chi connectivity index (χ0v) is 10.2. The van der Waals surface area contributed by atoms with Crippen LogP contribution in [0, 0.1) is 0 Å². The van der Waals surface area contributed by atoms with E-state index in [9.17, 15) is 14.4 Å². The Morgan fingerprint density at radius 1 is 1.39 bits per heavy atom. The second kappa shape index (κ2) is 8.43. The molecule has 0 fully saturated rings. The van der Waals surface area contributed by atoms with Crippen LogP contribution in [0.25, 0.3) is 0 Å². The first-order valence-electron chi connectivity index (χ1n) is 5.44. The van der Waals surface area contributed by atoms with Gasteiger partial charge in [-0.3, -0.25) is 9.59 Å². The smallest absolute Gasteiger partial charge is 0.326 e. The van der Waals surface area contributed by atoms with E-state index in [1.54, 1.807) is 0 Å². The summed E-state index contributed by atoms with van der Waals surface area (Å²) in [4.78, 5) is 32.9. The molecule has 2 atom stereocenters. The fraction of sp³-hybridized carbons (Fsp3) is 0.700. The van der Waals surface area contributed by atoms with Crippen LogP contribution in [0.15, 0.2) is 0 Å². The van der Waals surface area contributed by atoms with Gasteiger partial charge in [-0.2, -0.15) is 0 Å². The van der Waals surface area contributed by atoms with Gasteiger partial charge in [0.15, 0.2) is 0 Å². The van der Waals surface area contributed by atoms with Crippen LogP contribution < -0.4 is 16.8 Å². The van der Waals surface area contributed by atoms with Crippen molar-refractivity contribution in [3.63, 3.8) is 0 Å². The molecule has 2 unspecified atom stereocenters. The van der Waals surface area contributed by atoms with Crippen molar-refractivity contribution in [3.8, 4) is 0 Å². The van der Waals surface area contributed by atoms with Gasteiger partial charge in [-0.05, 0) is 6.42 Å². The predicted octanol–water partition coefficient (Wildman–Crippen LogP) is -1.81. The molecule has 0 aromatic carbocycles. The number of amides is 2. The molecule has 0 aromatic rings. The van der Waals surface area contributed by atoms with Crippen molar-refractivity contribution in [1.82, 2.24) is 5.32 Å². The molecule has 0 aliphatic carbocycles. The third kappa shape index (κ3) is 6.81. The van der Waals surface area contributed by atoms with E-state index in [0.717, 1.165) is 0 Å². The summed E-state index contributed by atoms with van der Waals surface area (Å²) in [7, 11) is 1.41. The summed E-state index contributed by atoms with van der Waals surface area (Å²) in [5.74, 6) is -2.33. The van der Waals surface area contributed by atoms with Gasteiger partial charge in [0.25, 0.3) is 0 Å². The minimum atomic E-state index is -1.22. The Morgan fingerprint density at radius 2 is 2.00 bits per heavy atom. The van der Waals surface area contributed by atoms with Crippen molar-refractivity contribution in [2.45, 2.75) is 31.4 Å². The Morgan fingerprint density at radius 3 is 2.39 bits per heavy atom. The molecule has 8 heteroatoms. The number of rotatable bonds is 9. The van der Waals surface area contributed by atoms with Crippen molar-refractivity contribution in [2.24, 2.45) is 11.5 Å². The van der Waals surface area contributed by atoms with Gasteiger partial charge in [-0.1, -0.05) is 0 Å². The summed E-state index contributed by atoms with van der Waals surface area (Å²) in [5.41, 5.74) is 10.3. The van der Waals surface area contributed by atoms with Crippen LogP contribution in [0.3, 0.4) is 0 Å². The average molecular weight is 261 g/mol. The second-order valence-corrected chi connectivity index (χ2v) is 3.76. The lowest BCUT2D eigenvalue weighted by molar-refractivity contribution is -0.142. The van der Waals surface area contributed by atoms with E-state index in [4.69, 9.17) is 21.3 Å². The maximum absolute atomic E-state index is 11.5. The number of carbonyl (C=O) groups is 3. The lowest BCUT2D eigenvalue weighted by Crippen LogP contribution is -2.43. The van der Waals surface area contributed by atoms with Crippen molar-refractivity contribution in [3.05, 3.63) is 0 Å². The van der Waals surface area contributed by atoms with E-state index < -0.39 is 29.9 Å². The summed E-state index contributed by atoms with van der Waals surface area (Å²) in [6.45, 7) is 0.156. The van der Waals surface area contributed by atoms with E-state index in [1.807, 2.05) is 0 Å². The quantitative estimate of drug-likeness (QED) is 0.385. The normalized spacial score (nSPS) is 13.7. The minimum Gasteiger partial charge on any atom is -0.480 e. The van der Waals surface area contributed by atoms with Gasteiger partial charge in [0.1, 0.15) is 6.04 Å². The van der Waals surface area contributed by atoms with Crippen molar-refractivity contribution in [2.75, 3.05) is 13.7 Å². The maximum atomic E-state index is 11.5. The molecule has 0 spiro atoms. The Bertz CT molecular complexity index is 304. The molecule has 18 heavy (non-hydrogen) atoms. The summed E-state index contributed by atoms with van der Waals surface area (Å²) in [5, 5.41) is 11.1. The average Bonchev–Trinajstić information content (AvgIpc) is 2.30. The molecule has 0 heterocycles. The fourth-order valence-corrected chi connectivity index (χ4v) is 1.27. The molecular weight excluding hydrogens is 242 g/mol. The molecule has 0 saturated heterocycles. The first kappa shape index (κ1) is 16.3. The number of hydrogen-bond donors (Lipinski definition) is 4. The van der Waals surface area contributed by atoms with Crippen molar-refractivity contribution < 1.29 is 24.2 Å². The van der Waals surface area contributed by atoms with Gasteiger partial charge in [-0.25, -0.2) is 4.79 Å². The second-order valence-electron chi connectivity index (χ2n) is 3.76. The monoisotopic (exact) mass is 261 g/mol. The van der Waals surface area contributed by atoms with Gasteiger partial charge < -0.3 is 26.6 Å². The van der Waals surface area contributed by atoms with Gasteiger partial charge in [0.05, 0.1) is 12.5 Å². The van der Waals surface area contributed by atoms with Gasteiger partial charge in [0, 0.05) is 20.1 Å². The maximum Gasteiger partial charge on any atom is 0.326 e. The van der Waals surface area contributed by atoms with E-state index in [-0.39, 0.29) is 25.8 Å². The Balaban J connectivity index is 4.27.